The Bertz CT molecular complexity index is 2390. The molecule has 9 rings (SSSR count). The maximum atomic E-state index is 2.51. The van der Waals surface area contributed by atoms with Crippen LogP contribution in [0.4, 0.5) is 0 Å². The minimum atomic E-state index is -1.81. The van der Waals surface area contributed by atoms with Crippen LogP contribution in [0.25, 0.3) is 66.1 Å². The van der Waals surface area contributed by atoms with Crippen molar-refractivity contribution >= 4 is 40.0 Å². The molecule has 1 heteroatoms. The topological polar surface area (TPSA) is 0 Å². The van der Waals surface area contributed by atoms with Crippen molar-refractivity contribution in [1.29, 1.82) is 0 Å². The van der Waals surface area contributed by atoms with E-state index in [2.05, 4.69) is 161 Å². The molecule has 0 fully saturated rings. The smallest absolute Gasteiger partial charge is 0.0623 e. The van der Waals surface area contributed by atoms with E-state index in [0.29, 0.717) is 0 Å². The van der Waals surface area contributed by atoms with E-state index in [9.17, 15) is 0 Å². The zero-order valence-electron chi connectivity index (χ0n) is 26.6. The number of fused-ring (bicyclic) bond motifs is 8. The molecule has 0 atom stereocenters. The maximum absolute atomic E-state index is 2.51. The fourth-order valence-electron chi connectivity index (χ4n) is 8.72. The Morgan fingerprint density at radius 1 is 0.444 bits per heavy atom. The van der Waals surface area contributed by atoms with Crippen LogP contribution >= 0.6 is 0 Å². The van der Waals surface area contributed by atoms with Crippen LogP contribution in [-0.2, 0) is 5.41 Å². The Morgan fingerprint density at radius 2 is 1.07 bits per heavy atom. The van der Waals surface area contributed by atoms with E-state index in [0.717, 1.165) is 0 Å². The molecule has 1 heterocycles. The van der Waals surface area contributed by atoms with Crippen LogP contribution in [0.3, 0.4) is 0 Å². The van der Waals surface area contributed by atoms with Gasteiger partial charge in [-0.3, -0.25) is 0 Å². The Labute approximate surface area is 267 Å². The average molecular weight is 593 g/mol. The van der Waals surface area contributed by atoms with Crippen molar-refractivity contribution in [1.82, 2.24) is 0 Å². The number of benzene rings is 7. The summed E-state index contributed by atoms with van der Waals surface area (Å²) in [6.45, 7) is 12.0. The quantitative estimate of drug-likeness (QED) is 0.138. The maximum Gasteiger partial charge on any atom is 0.113 e. The molecule has 7 aromatic carbocycles. The monoisotopic (exact) mass is 592 g/mol. The number of aryl methyl sites for hydroxylation is 1. The van der Waals surface area contributed by atoms with Crippen LogP contribution in [-0.4, -0.2) is 8.07 Å². The molecule has 1 aliphatic carbocycles. The first-order valence-corrected chi connectivity index (χ1v) is 19.2. The lowest BCUT2D eigenvalue weighted by molar-refractivity contribution is 0.660. The number of hydrogen-bond donors (Lipinski definition) is 0. The summed E-state index contributed by atoms with van der Waals surface area (Å²) in [6, 6.07) is 48.6. The van der Waals surface area contributed by atoms with Crippen LogP contribution in [0.2, 0.25) is 13.1 Å². The largest absolute Gasteiger partial charge is 0.113 e. The Balaban J connectivity index is 1.38. The lowest BCUT2D eigenvalue weighted by Crippen LogP contribution is -2.49. The molecule has 216 valence electrons. The highest BCUT2D eigenvalue weighted by atomic mass is 28.3. The Morgan fingerprint density at radius 3 is 1.89 bits per heavy atom. The minimum Gasteiger partial charge on any atom is -0.0623 e. The summed E-state index contributed by atoms with van der Waals surface area (Å²) in [7, 11) is -1.81. The molecule has 1 aliphatic heterocycles. The van der Waals surface area contributed by atoms with E-state index in [4.69, 9.17) is 0 Å². The third kappa shape index (κ3) is 3.53. The number of rotatable bonds is 2. The molecule has 0 saturated carbocycles. The third-order valence-corrected chi connectivity index (χ3v) is 14.5. The zero-order chi connectivity index (χ0) is 30.7. The van der Waals surface area contributed by atoms with Gasteiger partial charge in [-0.1, -0.05) is 154 Å². The third-order valence-electron chi connectivity index (χ3n) is 10.9. The minimum absolute atomic E-state index is 0.0429. The van der Waals surface area contributed by atoms with E-state index in [1.54, 1.807) is 10.4 Å². The van der Waals surface area contributed by atoms with Gasteiger partial charge < -0.3 is 0 Å². The van der Waals surface area contributed by atoms with Crippen molar-refractivity contribution < 1.29 is 0 Å². The van der Waals surface area contributed by atoms with Crippen LogP contribution < -0.4 is 10.4 Å². The van der Waals surface area contributed by atoms with Crippen LogP contribution in [0.1, 0.15) is 30.5 Å². The highest BCUT2D eigenvalue weighted by Crippen LogP contribution is 2.52. The second-order valence-corrected chi connectivity index (χ2v) is 18.5. The first-order chi connectivity index (χ1) is 21.8. The van der Waals surface area contributed by atoms with Gasteiger partial charge in [-0.2, -0.15) is 0 Å². The fourth-order valence-corrected chi connectivity index (χ4v) is 11.8. The molecular formula is C44H36Si. The predicted octanol–water partition coefficient (Wildman–Crippen LogP) is 10.7. The molecule has 7 aromatic rings. The van der Waals surface area contributed by atoms with Crippen LogP contribution in [0.5, 0.6) is 0 Å². The number of hydrogen-bond acceptors (Lipinski definition) is 0. The molecular weight excluding hydrogens is 557 g/mol. The highest BCUT2D eigenvalue weighted by Gasteiger charge is 2.39. The van der Waals surface area contributed by atoms with Crippen molar-refractivity contribution in [2.75, 3.05) is 0 Å². The van der Waals surface area contributed by atoms with Gasteiger partial charge in [0.15, 0.2) is 0 Å². The van der Waals surface area contributed by atoms with Gasteiger partial charge in [0.1, 0.15) is 8.07 Å². The van der Waals surface area contributed by atoms with Gasteiger partial charge in [-0.25, -0.2) is 0 Å². The molecule has 0 saturated heterocycles. The summed E-state index contributed by atoms with van der Waals surface area (Å²) >= 11 is 0. The summed E-state index contributed by atoms with van der Waals surface area (Å²) in [5.74, 6) is 0. The molecule has 0 nitrogen and oxygen atoms in total. The molecule has 0 unspecified atom stereocenters. The van der Waals surface area contributed by atoms with Gasteiger partial charge in [0.05, 0.1) is 0 Å². The van der Waals surface area contributed by atoms with Crippen LogP contribution in [0.15, 0.2) is 127 Å². The zero-order valence-corrected chi connectivity index (χ0v) is 27.6. The van der Waals surface area contributed by atoms with E-state index in [-0.39, 0.29) is 5.41 Å². The fraction of sp³-hybridized carbons (Fsp3) is 0.136. The normalized spacial score (nSPS) is 15.1. The molecule has 2 aliphatic rings. The Kier molecular flexibility index (Phi) is 5.42. The highest BCUT2D eigenvalue weighted by molar-refractivity contribution is 7.04. The summed E-state index contributed by atoms with van der Waals surface area (Å²) < 4.78 is 0. The van der Waals surface area contributed by atoms with Gasteiger partial charge in [0.2, 0.25) is 0 Å². The molecule has 0 spiro atoms. The van der Waals surface area contributed by atoms with Gasteiger partial charge in [0.25, 0.3) is 0 Å². The van der Waals surface area contributed by atoms with Crippen molar-refractivity contribution in [2.24, 2.45) is 0 Å². The Hall–Kier alpha value is -4.72. The van der Waals surface area contributed by atoms with Crippen molar-refractivity contribution in [3.8, 4) is 44.5 Å². The lowest BCUT2D eigenvalue weighted by atomic mass is 9.80. The van der Waals surface area contributed by atoms with Crippen molar-refractivity contribution in [3.05, 3.63) is 144 Å². The summed E-state index contributed by atoms with van der Waals surface area (Å²) in [6.07, 6.45) is 0. The SMILES string of the molecule is Cc1ccc2c(-c3ccc4c(c3)C(C)(C)c3ccccc3-4)c3ccccc3c(-c3cccc4c3-c3ccccc3[Si]4(C)C)c2c1. The molecule has 0 amide bonds. The first kappa shape index (κ1) is 26.7. The van der Waals surface area contributed by atoms with E-state index >= 15 is 0 Å². The van der Waals surface area contributed by atoms with Gasteiger partial charge in [0, 0.05) is 5.41 Å². The van der Waals surface area contributed by atoms with Crippen LogP contribution in [0, 0.1) is 6.92 Å². The summed E-state index contributed by atoms with van der Waals surface area (Å²) in [5, 5.41) is 8.40. The first-order valence-electron chi connectivity index (χ1n) is 16.2. The molecule has 0 radical (unpaired) electrons. The van der Waals surface area contributed by atoms with Gasteiger partial charge in [-0.15, -0.1) is 0 Å². The second-order valence-electron chi connectivity index (χ2n) is 14.2. The predicted molar refractivity (Wildman–Crippen MR) is 197 cm³/mol. The van der Waals surface area contributed by atoms with Crippen molar-refractivity contribution in [2.45, 2.75) is 39.3 Å². The van der Waals surface area contributed by atoms with Gasteiger partial charge in [-0.05, 0) is 101 Å². The molecule has 45 heavy (non-hydrogen) atoms. The van der Waals surface area contributed by atoms with E-state index in [1.807, 2.05) is 0 Å². The second kappa shape index (κ2) is 9.16. The molecule has 0 N–H and O–H groups in total. The standard InChI is InChI=1S/C44H36Si/c1-27-21-23-33-36(25-27)42(35-17-12-20-40-43(35)34-16-9-11-19-39(34)45(40,4)5)32-15-7-6-14-31(32)41(33)28-22-24-30-29-13-8-10-18-37(29)44(2,3)38(30)26-28/h6-26H,1-5H3. The average Bonchev–Trinajstić information content (AvgIpc) is 3.43. The molecule has 0 bridgehead atoms. The van der Waals surface area contributed by atoms with Gasteiger partial charge >= 0.3 is 0 Å². The summed E-state index contributed by atoms with van der Waals surface area (Å²) in [4.78, 5) is 0. The summed E-state index contributed by atoms with van der Waals surface area (Å²) in [5.41, 5.74) is 15.0. The van der Waals surface area contributed by atoms with E-state index < -0.39 is 8.07 Å². The van der Waals surface area contributed by atoms with E-state index in [1.165, 1.54) is 82.7 Å². The molecule has 0 aromatic heterocycles. The van der Waals surface area contributed by atoms with Crippen molar-refractivity contribution in [3.63, 3.8) is 0 Å². The lowest BCUT2D eigenvalue weighted by Gasteiger charge is -2.23.